The maximum absolute atomic E-state index is 12.5. The van der Waals surface area contributed by atoms with E-state index in [1.54, 1.807) is 50.5 Å². The largest absolute Gasteiger partial charge is 0.460 e. The fraction of sp³-hybridized carbons (Fsp3) is 0.286. The first-order valence-corrected chi connectivity index (χ1v) is 12.7. The van der Waals surface area contributed by atoms with Gasteiger partial charge in [-0.1, -0.05) is 6.07 Å². The highest BCUT2D eigenvalue weighted by Gasteiger charge is 2.19. The van der Waals surface area contributed by atoms with Crippen LogP contribution < -0.4 is 20.7 Å². The quantitative estimate of drug-likeness (QED) is 0.267. The van der Waals surface area contributed by atoms with Crippen molar-refractivity contribution in [1.82, 2.24) is 20.2 Å². The minimum atomic E-state index is -0.273. The molecule has 0 saturated carbocycles. The maximum Gasteiger partial charge on any atom is 0.255 e. The summed E-state index contributed by atoms with van der Waals surface area (Å²) in [5.74, 6) is 1.34. The van der Waals surface area contributed by atoms with E-state index in [1.165, 1.54) is 0 Å². The van der Waals surface area contributed by atoms with Crippen molar-refractivity contribution in [1.29, 1.82) is 0 Å². The summed E-state index contributed by atoms with van der Waals surface area (Å²) in [4.78, 5) is 35.4. The van der Waals surface area contributed by atoms with Gasteiger partial charge < -0.3 is 30.2 Å². The number of benzene rings is 2. The zero-order valence-corrected chi connectivity index (χ0v) is 21.7. The molecule has 1 aliphatic heterocycles. The lowest BCUT2D eigenvalue weighted by Gasteiger charge is -2.28. The van der Waals surface area contributed by atoms with Crippen LogP contribution in [-0.2, 0) is 4.79 Å². The van der Waals surface area contributed by atoms with Crippen molar-refractivity contribution in [3.63, 3.8) is 0 Å². The van der Waals surface area contributed by atoms with Crippen molar-refractivity contribution >= 4 is 40.1 Å². The Morgan fingerprint density at radius 3 is 2.72 bits per heavy atom. The van der Waals surface area contributed by atoms with Crippen LogP contribution in [0.3, 0.4) is 0 Å². The Labute approximate surface area is 225 Å². The van der Waals surface area contributed by atoms with Gasteiger partial charge >= 0.3 is 0 Å². The van der Waals surface area contributed by atoms with E-state index in [2.05, 4.69) is 25.9 Å². The molecule has 11 heteroatoms. The summed E-state index contributed by atoms with van der Waals surface area (Å²) in [6, 6.07) is 14.1. The number of piperidine rings is 1. The molecule has 2 amide bonds. The highest BCUT2D eigenvalue weighted by atomic mass is 16.5. The van der Waals surface area contributed by atoms with Crippen molar-refractivity contribution in [3.05, 3.63) is 66.1 Å². The molecule has 0 unspecified atom stereocenters. The monoisotopic (exact) mass is 530 g/mol. The molecule has 1 saturated heterocycles. The summed E-state index contributed by atoms with van der Waals surface area (Å²) in [5.41, 5.74) is 2.37. The van der Waals surface area contributed by atoms with E-state index in [1.807, 2.05) is 23.1 Å². The van der Waals surface area contributed by atoms with E-state index in [-0.39, 0.29) is 24.5 Å². The molecule has 1 aliphatic rings. The minimum Gasteiger partial charge on any atom is -0.460 e. The standard InChI is InChI=1S/C28H30N6O5/c1-17-26(27(37)29-2)22-7-6-21(15-23(22)38-17)39-25-8-11-30-28(33-25)32-19-5-3-4-18(14-19)31-24(36)16-34-12-9-20(35)10-13-34/h3-8,11,14-15,20,35H,9-10,12-13,16H2,1-2H3,(H,29,37)(H,31,36)(H,30,32,33). The molecule has 1 fully saturated rings. The number of aliphatic hydroxyl groups excluding tert-OH is 1. The predicted octanol–water partition coefficient (Wildman–Crippen LogP) is 3.82. The molecule has 2 aromatic carbocycles. The third kappa shape index (κ3) is 6.33. The summed E-state index contributed by atoms with van der Waals surface area (Å²) < 4.78 is 11.7. The van der Waals surface area contributed by atoms with E-state index < -0.39 is 0 Å². The predicted molar refractivity (Wildman–Crippen MR) is 146 cm³/mol. The molecule has 0 atom stereocenters. The Balaban J connectivity index is 1.23. The van der Waals surface area contributed by atoms with Crippen LogP contribution in [-0.4, -0.2) is 64.6 Å². The molecule has 0 bridgehead atoms. The Morgan fingerprint density at radius 2 is 1.92 bits per heavy atom. The van der Waals surface area contributed by atoms with Gasteiger partial charge in [0, 0.05) is 55.2 Å². The molecule has 0 radical (unpaired) electrons. The zero-order chi connectivity index (χ0) is 27.4. The number of hydrogen-bond donors (Lipinski definition) is 4. The molecule has 3 heterocycles. The van der Waals surface area contributed by atoms with Crippen LogP contribution in [0.4, 0.5) is 17.3 Å². The number of aliphatic hydroxyl groups is 1. The molecule has 0 spiro atoms. The van der Waals surface area contributed by atoms with Gasteiger partial charge in [0.1, 0.15) is 17.1 Å². The lowest BCUT2D eigenvalue weighted by atomic mass is 10.1. The van der Waals surface area contributed by atoms with E-state index in [0.717, 1.165) is 0 Å². The molecule has 5 rings (SSSR count). The first-order valence-electron chi connectivity index (χ1n) is 12.7. The van der Waals surface area contributed by atoms with Gasteiger partial charge in [-0.2, -0.15) is 4.98 Å². The van der Waals surface area contributed by atoms with Crippen molar-refractivity contribution in [2.24, 2.45) is 0 Å². The number of carbonyl (C=O) groups is 2. The van der Waals surface area contributed by atoms with Crippen LogP contribution in [0.1, 0.15) is 29.0 Å². The molecular formula is C28H30N6O5. The van der Waals surface area contributed by atoms with Crippen LogP contribution in [0.2, 0.25) is 0 Å². The number of carbonyl (C=O) groups excluding carboxylic acids is 2. The van der Waals surface area contributed by atoms with Gasteiger partial charge in [-0.15, -0.1) is 0 Å². The molecular weight excluding hydrogens is 500 g/mol. The second kappa shape index (κ2) is 11.5. The van der Waals surface area contributed by atoms with Gasteiger partial charge in [0.2, 0.25) is 17.7 Å². The third-order valence-corrected chi connectivity index (χ3v) is 6.47. The Hall–Kier alpha value is -4.48. The number of fused-ring (bicyclic) bond motifs is 1. The van der Waals surface area contributed by atoms with E-state index in [0.29, 0.717) is 77.2 Å². The highest BCUT2D eigenvalue weighted by Crippen LogP contribution is 2.31. The number of hydrogen-bond acceptors (Lipinski definition) is 9. The van der Waals surface area contributed by atoms with Gasteiger partial charge in [0.15, 0.2) is 0 Å². The first-order chi connectivity index (χ1) is 18.9. The molecule has 11 nitrogen and oxygen atoms in total. The fourth-order valence-electron chi connectivity index (χ4n) is 4.53. The van der Waals surface area contributed by atoms with Crippen LogP contribution >= 0.6 is 0 Å². The zero-order valence-electron chi connectivity index (χ0n) is 21.7. The van der Waals surface area contributed by atoms with E-state index >= 15 is 0 Å². The molecule has 39 heavy (non-hydrogen) atoms. The van der Waals surface area contributed by atoms with Gasteiger partial charge in [0.25, 0.3) is 5.91 Å². The summed E-state index contributed by atoms with van der Waals surface area (Å²) >= 11 is 0. The van der Waals surface area contributed by atoms with Crippen LogP contribution in [0, 0.1) is 6.92 Å². The normalized spacial score (nSPS) is 14.2. The SMILES string of the molecule is CNC(=O)c1c(C)oc2cc(Oc3ccnc(Nc4cccc(NC(=O)CN5CCC(O)CC5)c4)n3)ccc12. The number of aryl methyl sites for hydroxylation is 1. The number of anilines is 3. The number of amides is 2. The molecule has 202 valence electrons. The maximum atomic E-state index is 12.5. The average Bonchev–Trinajstić information content (AvgIpc) is 3.25. The summed E-state index contributed by atoms with van der Waals surface area (Å²) in [5, 5.41) is 19.0. The lowest BCUT2D eigenvalue weighted by Crippen LogP contribution is -2.40. The second-order valence-electron chi connectivity index (χ2n) is 9.35. The summed E-state index contributed by atoms with van der Waals surface area (Å²) in [6.45, 7) is 3.44. The number of furan rings is 1. The number of nitrogens with zero attached hydrogens (tertiary/aromatic N) is 3. The Morgan fingerprint density at radius 1 is 1.13 bits per heavy atom. The lowest BCUT2D eigenvalue weighted by molar-refractivity contribution is -0.117. The molecule has 4 N–H and O–H groups in total. The number of ether oxygens (including phenoxy) is 1. The highest BCUT2D eigenvalue weighted by molar-refractivity contribution is 6.07. The van der Waals surface area contributed by atoms with Gasteiger partial charge in [0.05, 0.1) is 18.2 Å². The van der Waals surface area contributed by atoms with Crippen LogP contribution in [0.25, 0.3) is 11.0 Å². The second-order valence-corrected chi connectivity index (χ2v) is 9.35. The number of likely N-dealkylation sites (tertiary alicyclic amines) is 1. The molecule has 0 aliphatic carbocycles. The third-order valence-electron chi connectivity index (χ3n) is 6.47. The first kappa shape index (κ1) is 26.1. The number of aromatic nitrogens is 2. The molecule has 4 aromatic rings. The summed E-state index contributed by atoms with van der Waals surface area (Å²) in [6.07, 6.45) is 2.67. The minimum absolute atomic E-state index is 0.110. The van der Waals surface area contributed by atoms with Crippen molar-refractivity contribution < 1.29 is 23.8 Å². The Bertz CT molecular complexity index is 1500. The van der Waals surface area contributed by atoms with E-state index in [9.17, 15) is 14.7 Å². The average molecular weight is 531 g/mol. The van der Waals surface area contributed by atoms with Gasteiger partial charge in [-0.05, 0) is 50.1 Å². The van der Waals surface area contributed by atoms with E-state index in [4.69, 9.17) is 9.15 Å². The van der Waals surface area contributed by atoms with Gasteiger partial charge in [-0.3, -0.25) is 14.5 Å². The van der Waals surface area contributed by atoms with Crippen molar-refractivity contribution in [2.45, 2.75) is 25.9 Å². The Kier molecular flexibility index (Phi) is 7.71. The van der Waals surface area contributed by atoms with Crippen molar-refractivity contribution in [2.75, 3.05) is 37.3 Å². The van der Waals surface area contributed by atoms with Crippen LogP contribution in [0.5, 0.6) is 11.6 Å². The number of rotatable bonds is 8. The van der Waals surface area contributed by atoms with Crippen LogP contribution in [0.15, 0.2) is 59.1 Å². The van der Waals surface area contributed by atoms with Gasteiger partial charge in [-0.25, -0.2) is 4.98 Å². The van der Waals surface area contributed by atoms with Crippen molar-refractivity contribution in [3.8, 4) is 11.6 Å². The molecule has 2 aromatic heterocycles. The topological polar surface area (TPSA) is 142 Å². The number of nitrogens with one attached hydrogen (secondary N) is 3. The smallest absolute Gasteiger partial charge is 0.255 e. The summed E-state index contributed by atoms with van der Waals surface area (Å²) in [7, 11) is 1.58. The fourth-order valence-corrected chi connectivity index (χ4v) is 4.53.